The highest BCUT2D eigenvalue weighted by Crippen LogP contribution is 2.36. The average molecular weight is 211 g/mol. The van der Waals surface area contributed by atoms with E-state index in [0.29, 0.717) is 5.92 Å². The Balaban J connectivity index is 2.28. The molecular formula is C9H16F3NO. The van der Waals surface area contributed by atoms with Crippen LogP contribution in [0.15, 0.2) is 0 Å². The Morgan fingerprint density at radius 2 is 2.00 bits per heavy atom. The van der Waals surface area contributed by atoms with E-state index >= 15 is 0 Å². The molecule has 1 aliphatic rings. The maximum absolute atomic E-state index is 11.9. The van der Waals surface area contributed by atoms with Crippen LogP contribution in [0.3, 0.4) is 0 Å². The molecule has 1 rings (SSSR count). The number of nitrogens with two attached hydrogens (primary N) is 1. The standard InChI is InChI=1S/C9H16F3NO/c1-14-8(6-2-3-6)7(13)4-5-9(10,11)12/h6-8H,2-5,13H2,1H3. The second kappa shape index (κ2) is 4.49. The first-order chi connectivity index (χ1) is 6.44. The van der Waals surface area contributed by atoms with Crippen LogP contribution in [0.1, 0.15) is 25.7 Å². The number of methoxy groups -OCH3 is 1. The lowest BCUT2D eigenvalue weighted by Gasteiger charge is -2.22. The number of alkyl halides is 3. The summed E-state index contributed by atoms with van der Waals surface area (Å²) in [5.74, 6) is 0.378. The van der Waals surface area contributed by atoms with Crippen molar-refractivity contribution in [3.05, 3.63) is 0 Å². The third kappa shape index (κ3) is 3.84. The lowest BCUT2D eigenvalue weighted by molar-refractivity contribution is -0.137. The summed E-state index contributed by atoms with van der Waals surface area (Å²) in [5.41, 5.74) is 5.65. The molecule has 0 amide bonds. The van der Waals surface area contributed by atoms with Crippen LogP contribution < -0.4 is 5.73 Å². The molecule has 0 aromatic rings. The van der Waals surface area contributed by atoms with E-state index in [4.69, 9.17) is 10.5 Å². The molecule has 14 heavy (non-hydrogen) atoms. The molecular weight excluding hydrogens is 195 g/mol. The molecule has 0 saturated heterocycles. The Morgan fingerprint density at radius 3 is 2.36 bits per heavy atom. The molecule has 0 radical (unpaired) electrons. The second-order valence-electron chi connectivity index (χ2n) is 3.86. The molecule has 84 valence electrons. The zero-order valence-corrected chi connectivity index (χ0v) is 8.18. The molecule has 0 bridgehead atoms. The van der Waals surface area contributed by atoms with Crippen molar-refractivity contribution in [2.45, 2.75) is 44.0 Å². The minimum Gasteiger partial charge on any atom is -0.380 e. The average Bonchev–Trinajstić information content (AvgIpc) is 2.85. The van der Waals surface area contributed by atoms with Crippen LogP contribution in [0.5, 0.6) is 0 Å². The number of hydrogen-bond acceptors (Lipinski definition) is 2. The number of ether oxygens (including phenoxy) is 1. The Hall–Kier alpha value is -0.290. The predicted octanol–water partition coefficient (Wildman–Crippen LogP) is 2.08. The van der Waals surface area contributed by atoms with E-state index in [9.17, 15) is 13.2 Å². The fourth-order valence-corrected chi connectivity index (χ4v) is 1.64. The van der Waals surface area contributed by atoms with Crippen LogP contribution in [0.2, 0.25) is 0 Å². The molecule has 0 aromatic heterocycles. The number of hydrogen-bond donors (Lipinski definition) is 1. The van der Waals surface area contributed by atoms with Crippen molar-refractivity contribution in [1.82, 2.24) is 0 Å². The van der Waals surface area contributed by atoms with Crippen molar-refractivity contribution in [3.63, 3.8) is 0 Å². The van der Waals surface area contributed by atoms with E-state index in [1.807, 2.05) is 0 Å². The van der Waals surface area contributed by atoms with Gasteiger partial charge in [0.25, 0.3) is 0 Å². The lowest BCUT2D eigenvalue weighted by atomic mass is 10.0. The Bertz CT molecular complexity index is 179. The molecule has 1 fully saturated rings. The molecule has 2 atom stereocenters. The van der Waals surface area contributed by atoms with E-state index < -0.39 is 18.6 Å². The van der Waals surface area contributed by atoms with Gasteiger partial charge in [0.2, 0.25) is 0 Å². The van der Waals surface area contributed by atoms with E-state index in [1.165, 1.54) is 7.11 Å². The summed E-state index contributed by atoms with van der Waals surface area (Å²) in [5, 5.41) is 0. The highest BCUT2D eigenvalue weighted by Gasteiger charge is 2.37. The van der Waals surface area contributed by atoms with Crippen molar-refractivity contribution < 1.29 is 17.9 Å². The summed E-state index contributed by atoms with van der Waals surface area (Å²) in [6.45, 7) is 0. The third-order valence-corrected chi connectivity index (χ3v) is 2.54. The van der Waals surface area contributed by atoms with Crippen molar-refractivity contribution in [2.24, 2.45) is 11.7 Å². The van der Waals surface area contributed by atoms with Crippen LogP contribution in [0.25, 0.3) is 0 Å². The fourth-order valence-electron chi connectivity index (χ4n) is 1.64. The second-order valence-corrected chi connectivity index (χ2v) is 3.86. The minimum absolute atomic E-state index is 0.0431. The zero-order valence-electron chi connectivity index (χ0n) is 8.18. The summed E-state index contributed by atoms with van der Waals surface area (Å²) in [6, 6.07) is -0.492. The predicted molar refractivity (Wildman–Crippen MR) is 46.8 cm³/mol. The Labute approximate surface area is 81.6 Å². The molecule has 2 unspecified atom stereocenters. The van der Waals surface area contributed by atoms with Gasteiger partial charge in [-0.05, 0) is 25.2 Å². The van der Waals surface area contributed by atoms with Crippen molar-refractivity contribution in [2.75, 3.05) is 7.11 Å². The van der Waals surface area contributed by atoms with E-state index in [-0.39, 0.29) is 12.5 Å². The Kier molecular flexibility index (Phi) is 3.78. The van der Waals surface area contributed by atoms with E-state index in [0.717, 1.165) is 12.8 Å². The van der Waals surface area contributed by atoms with Gasteiger partial charge in [-0.2, -0.15) is 13.2 Å². The zero-order chi connectivity index (χ0) is 10.8. The van der Waals surface area contributed by atoms with Crippen LogP contribution in [-0.2, 0) is 4.74 Å². The fraction of sp³-hybridized carbons (Fsp3) is 1.00. The minimum atomic E-state index is -4.11. The van der Waals surface area contributed by atoms with Gasteiger partial charge in [-0.15, -0.1) is 0 Å². The van der Waals surface area contributed by atoms with Gasteiger partial charge in [0, 0.05) is 19.6 Å². The number of halogens is 3. The van der Waals surface area contributed by atoms with Crippen molar-refractivity contribution in [1.29, 1.82) is 0 Å². The molecule has 5 heteroatoms. The van der Waals surface area contributed by atoms with Crippen LogP contribution in [-0.4, -0.2) is 25.4 Å². The van der Waals surface area contributed by atoms with Crippen LogP contribution >= 0.6 is 0 Å². The first-order valence-electron chi connectivity index (χ1n) is 4.79. The molecule has 1 aliphatic carbocycles. The molecule has 2 N–H and O–H groups in total. The van der Waals surface area contributed by atoms with Gasteiger partial charge in [-0.1, -0.05) is 0 Å². The summed E-state index contributed by atoms with van der Waals surface area (Å²) < 4.78 is 40.8. The Morgan fingerprint density at radius 1 is 1.43 bits per heavy atom. The normalized spacial score (nSPS) is 22.1. The maximum Gasteiger partial charge on any atom is 0.389 e. The molecule has 1 saturated carbocycles. The van der Waals surface area contributed by atoms with Gasteiger partial charge in [-0.25, -0.2) is 0 Å². The SMILES string of the molecule is COC(C(N)CCC(F)(F)F)C1CC1. The molecule has 0 aliphatic heterocycles. The molecule has 2 nitrogen and oxygen atoms in total. The summed E-state index contributed by atoms with van der Waals surface area (Å²) >= 11 is 0. The first kappa shape index (κ1) is 11.8. The quantitative estimate of drug-likeness (QED) is 0.755. The molecule has 0 heterocycles. The lowest BCUT2D eigenvalue weighted by Crippen LogP contribution is -2.38. The smallest absolute Gasteiger partial charge is 0.380 e. The van der Waals surface area contributed by atoms with Gasteiger partial charge < -0.3 is 10.5 Å². The van der Waals surface area contributed by atoms with E-state index in [1.54, 1.807) is 0 Å². The summed E-state index contributed by atoms with van der Waals surface area (Å²) in [6.07, 6.45) is -3.12. The van der Waals surface area contributed by atoms with Gasteiger partial charge in [0.05, 0.1) is 6.10 Å². The summed E-state index contributed by atoms with van der Waals surface area (Å²) in [4.78, 5) is 0. The van der Waals surface area contributed by atoms with Crippen LogP contribution in [0, 0.1) is 5.92 Å². The number of rotatable bonds is 5. The van der Waals surface area contributed by atoms with E-state index in [2.05, 4.69) is 0 Å². The maximum atomic E-state index is 11.9. The third-order valence-electron chi connectivity index (χ3n) is 2.54. The van der Waals surface area contributed by atoms with Gasteiger partial charge in [0.1, 0.15) is 0 Å². The molecule has 0 spiro atoms. The molecule has 0 aromatic carbocycles. The highest BCUT2D eigenvalue weighted by molar-refractivity contribution is 4.88. The van der Waals surface area contributed by atoms with Gasteiger partial charge >= 0.3 is 6.18 Å². The highest BCUT2D eigenvalue weighted by atomic mass is 19.4. The van der Waals surface area contributed by atoms with Gasteiger partial charge in [0.15, 0.2) is 0 Å². The largest absolute Gasteiger partial charge is 0.389 e. The summed E-state index contributed by atoms with van der Waals surface area (Å²) in [7, 11) is 1.51. The van der Waals surface area contributed by atoms with Crippen molar-refractivity contribution in [3.8, 4) is 0 Å². The first-order valence-corrected chi connectivity index (χ1v) is 4.79. The monoisotopic (exact) mass is 211 g/mol. The van der Waals surface area contributed by atoms with Crippen molar-refractivity contribution >= 4 is 0 Å². The van der Waals surface area contributed by atoms with Crippen LogP contribution in [0.4, 0.5) is 13.2 Å². The topological polar surface area (TPSA) is 35.2 Å². The van der Waals surface area contributed by atoms with Gasteiger partial charge in [-0.3, -0.25) is 0 Å².